The number of likely N-dealkylation sites (tertiary alicyclic amines) is 1. The van der Waals surface area contributed by atoms with E-state index >= 15 is 0 Å². The molecule has 1 atom stereocenters. The summed E-state index contributed by atoms with van der Waals surface area (Å²) in [6.07, 6.45) is 3.46. The SMILES string of the molecule is CN1CC(=O)C1c1cccnc1. The van der Waals surface area contributed by atoms with E-state index in [0.717, 1.165) is 5.56 Å². The Bertz CT molecular complexity index is 297. The molecular formula is C9H10N2O. The van der Waals surface area contributed by atoms with Crippen molar-refractivity contribution >= 4 is 5.78 Å². The van der Waals surface area contributed by atoms with E-state index in [1.165, 1.54) is 0 Å². The molecule has 0 bridgehead atoms. The van der Waals surface area contributed by atoms with Gasteiger partial charge >= 0.3 is 0 Å². The average molecular weight is 162 g/mol. The van der Waals surface area contributed by atoms with Gasteiger partial charge in [0.1, 0.15) is 0 Å². The molecule has 0 saturated carbocycles. The molecule has 2 heterocycles. The van der Waals surface area contributed by atoms with Crippen LogP contribution in [0.4, 0.5) is 0 Å². The fourth-order valence-electron chi connectivity index (χ4n) is 1.54. The number of pyridine rings is 1. The number of hydrogen-bond acceptors (Lipinski definition) is 3. The van der Waals surface area contributed by atoms with Crippen molar-refractivity contribution in [3.8, 4) is 0 Å². The summed E-state index contributed by atoms with van der Waals surface area (Å²) in [4.78, 5) is 17.2. The number of carbonyl (C=O) groups excluding carboxylic acids is 1. The minimum absolute atomic E-state index is 0.0429. The molecule has 3 heteroatoms. The molecule has 12 heavy (non-hydrogen) atoms. The minimum Gasteiger partial charge on any atom is -0.296 e. The number of nitrogens with zero attached hydrogens (tertiary/aromatic N) is 2. The fourth-order valence-corrected chi connectivity index (χ4v) is 1.54. The van der Waals surface area contributed by atoms with E-state index in [1.807, 2.05) is 24.1 Å². The Balaban J connectivity index is 2.26. The van der Waals surface area contributed by atoms with E-state index in [4.69, 9.17) is 0 Å². The molecule has 1 aliphatic rings. The van der Waals surface area contributed by atoms with Crippen molar-refractivity contribution in [3.63, 3.8) is 0 Å². The second kappa shape index (κ2) is 2.68. The van der Waals surface area contributed by atoms with Gasteiger partial charge in [-0.25, -0.2) is 0 Å². The van der Waals surface area contributed by atoms with E-state index in [-0.39, 0.29) is 11.8 Å². The van der Waals surface area contributed by atoms with Gasteiger partial charge in [0, 0.05) is 12.4 Å². The monoisotopic (exact) mass is 162 g/mol. The smallest absolute Gasteiger partial charge is 0.168 e. The summed E-state index contributed by atoms with van der Waals surface area (Å²) in [6, 6.07) is 3.75. The van der Waals surface area contributed by atoms with Crippen molar-refractivity contribution in [1.82, 2.24) is 9.88 Å². The topological polar surface area (TPSA) is 33.2 Å². The Morgan fingerprint density at radius 3 is 3.00 bits per heavy atom. The van der Waals surface area contributed by atoms with Crippen LogP contribution in [0.5, 0.6) is 0 Å². The number of rotatable bonds is 1. The molecule has 0 aliphatic carbocycles. The molecule has 0 spiro atoms. The highest BCUT2D eigenvalue weighted by molar-refractivity contribution is 5.92. The Labute approximate surface area is 71.0 Å². The number of aromatic nitrogens is 1. The molecule has 1 unspecified atom stereocenters. The molecule has 62 valence electrons. The summed E-state index contributed by atoms with van der Waals surface area (Å²) in [6.45, 7) is 0.569. The molecule has 0 radical (unpaired) electrons. The first kappa shape index (κ1) is 7.43. The molecule has 1 aliphatic heterocycles. The van der Waals surface area contributed by atoms with Gasteiger partial charge in [0.05, 0.1) is 12.6 Å². The van der Waals surface area contributed by atoms with Crippen molar-refractivity contribution < 1.29 is 4.79 Å². The van der Waals surface area contributed by atoms with Crippen LogP contribution in [-0.4, -0.2) is 29.3 Å². The zero-order valence-corrected chi connectivity index (χ0v) is 6.90. The Kier molecular flexibility index (Phi) is 1.66. The Morgan fingerprint density at radius 2 is 2.50 bits per heavy atom. The lowest BCUT2D eigenvalue weighted by Crippen LogP contribution is -2.47. The third-order valence-corrected chi connectivity index (χ3v) is 2.15. The van der Waals surface area contributed by atoms with Crippen LogP contribution in [0.15, 0.2) is 24.5 Å². The molecule has 1 saturated heterocycles. The zero-order chi connectivity index (χ0) is 8.55. The van der Waals surface area contributed by atoms with E-state index < -0.39 is 0 Å². The highest BCUT2D eigenvalue weighted by Gasteiger charge is 2.35. The molecule has 0 aromatic carbocycles. The number of Topliss-reactive ketones (excluding diaryl/α,β-unsaturated/α-hetero) is 1. The third kappa shape index (κ3) is 1.02. The van der Waals surface area contributed by atoms with Crippen molar-refractivity contribution in [2.24, 2.45) is 0 Å². The van der Waals surface area contributed by atoms with Crippen LogP contribution in [0.2, 0.25) is 0 Å². The van der Waals surface area contributed by atoms with Crippen molar-refractivity contribution in [2.45, 2.75) is 6.04 Å². The molecule has 2 rings (SSSR count). The van der Waals surface area contributed by atoms with Gasteiger partial charge in [0.15, 0.2) is 5.78 Å². The van der Waals surface area contributed by atoms with Gasteiger partial charge in [-0.2, -0.15) is 0 Å². The van der Waals surface area contributed by atoms with Crippen LogP contribution in [0.25, 0.3) is 0 Å². The van der Waals surface area contributed by atoms with Crippen molar-refractivity contribution in [1.29, 1.82) is 0 Å². The van der Waals surface area contributed by atoms with Crippen molar-refractivity contribution in [2.75, 3.05) is 13.6 Å². The van der Waals surface area contributed by atoms with Crippen LogP contribution in [0.1, 0.15) is 11.6 Å². The van der Waals surface area contributed by atoms with E-state index in [0.29, 0.717) is 6.54 Å². The first-order chi connectivity index (χ1) is 5.79. The fraction of sp³-hybridized carbons (Fsp3) is 0.333. The first-order valence-corrected chi connectivity index (χ1v) is 3.92. The van der Waals surface area contributed by atoms with E-state index in [2.05, 4.69) is 4.98 Å². The third-order valence-electron chi connectivity index (χ3n) is 2.15. The maximum absolute atomic E-state index is 11.2. The minimum atomic E-state index is -0.0429. The lowest BCUT2D eigenvalue weighted by molar-refractivity contribution is -0.134. The van der Waals surface area contributed by atoms with Gasteiger partial charge in [-0.05, 0) is 18.7 Å². The van der Waals surface area contributed by atoms with E-state index in [9.17, 15) is 4.79 Å². The molecule has 3 nitrogen and oxygen atoms in total. The Hall–Kier alpha value is -1.22. The normalized spacial score (nSPS) is 23.8. The van der Waals surface area contributed by atoms with Gasteiger partial charge in [0.2, 0.25) is 0 Å². The van der Waals surface area contributed by atoms with Crippen LogP contribution in [-0.2, 0) is 4.79 Å². The highest BCUT2D eigenvalue weighted by Crippen LogP contribution is 2.26. The molecule has 0 N–H and O–H groups in total. The van der Waals surface area contributed by atoms with E-state index in [1.54, 1.807) is 12.4 Å². The van der Waals surface area contributed by atoms with Gasteiger partial charge < -0.3 is 0 Å². The number of likely N-dealkylation sites (N-methyl/N-ethyl adjacent to an activating group) is 1. The lowest BCUT2D eigenvalue weighted by atomic mass is 9.96. The van der Waals surface area contributed by atoms with Crippen molar-refractivity contribution in [3.05, 3.63) is 30.1 Å². The predicted octanol–water partition coefficient (Wildman–Crippen LogP) is 0.637. The standard InChI is InChI=1S/C9H10N2O/c1-11-6-8(12)9(11)7-3-2-4-10-5-7/h2-5,9H,6H2,1H3. The largest absolute Gasteiger partial charge is 0.296 e. The van der Waals surface area contributed by atoms with Gasteiger partial charge in [-0.3, -0.25) is 14.7 Å². The van der Waals surface area contributed by atoms with Gasteiger partial charge in [0.25, 0.3) is 0 Å². The summed E-state index contributed by atoms with van der Waals surface area (Å²) in [7, 11) is 1.94. The maximum Gasteiger partial charge on any atom is 0.168 e. The second-order valence-corrected chi connectivity index (χ2v) is 3.07. The van der Waals surface area contributed by atoms with Crippen LogP contribution >= 0.6 is 0 Å². The average Bonchev–Trinajstić information content (AvgIpc) is 2.05. The molecular weight excluding hydrogens is 152 g/mol. The van der Waals surface area contributed by atoms with Crippen LogP contribution < -0.4 is 0 Å². The second-order valence-electron chi connectivity index (χ2n) is 3.07. The van der Waals surface area contributed by atoms with Crippen LogP contribution in [0, 0.1) is 0 Å². The lowest BCUT2D eigenvalue weighted by Gasteiger charge is -2.35. The molecule has 1 aromatic rings. The molecule has 1 fully saturated rings. The first-order valence-electron chi connectivity index (χ1n) is 3.92. The molecule has 1 aromatic heterocycles. The number of hydrogen-bond donors (Lipinski definition) is 0. The quantitative estimate of drug-likeness (QED) is 0.607. The van der Waals surface area contributed by atoms with Crippen LogP contribution in [0.3, 0.4) is 0 Å². The Morgan fingerprint density at radius 1 is 1.67 bits per heavy atom. The van der Waals surface area contributed by atoms with Gasteiger partial charge in [-0.1, -0.05) is 6.07 Å². The predicted molar refractivity (Wildman–Crippen MR) is 44.6 cm³/mol. The highest BCUT2D eigenvalue weighted by atomic mass is 16.1. The summed E-state index contributed by atoms with van der Waals surface area (Å²) in [5.74, 6) is 0.283. The summed E-state index contributed by atoms with van der Waals surface area (Å²) >= 11 is 0. The summed E-state index contributed by atoms with van der Waals surface area (Å²) in [5.41, 5.74) is 0.997. The van der Waals surface area contributed by atoms with Gasteiger partial charge in [-0.15, -0.1) is 0 Å². The number of carbonyl (C=O) groups is 1. The summed E-state index contributed by atoms with van der Waals surface area (Å²) < 4.78 is 0. The maximum atomic E-state index is 11.2. The summed E-state index contributed by atoms with van der Waals surface area (Å²) in [5, 5.41) is 0. The number of ketones is 1. The zero-order valence-electron chi connectivity index (χ0n) is 6.90. The molecule has 0 amide bonds.